The summed E-state index contributed by atoms with van der Waals surface area (Å²) >= 11 is 0. The van der Waals surface area contributed by atoms with E-state index >= 15 is 0 Å². The second kappa shape index (κ2) is 6.59. The molecular weight excluding hydrogens is 268 g/mol. The average Bonchev–Trinajstić information content (AvgIpc) is 3.02. The fraction of sp³-hybridized carbons (Fsp3) is 0.500. The van der Waals surface area contributed by atoms with E-state index in [9.17, 15) is 15.2 Å². The second-order valence-corrected chi connectivity index (χ2v) is 5.40. The predicted octanol–water partition coefficient (Wildman–Crippen LogP) is 1.93. The lowest BCUT2D eigenvalue weighted by Gasteiger charge is -2.21. The van der Waals surface area contributed by atoms with Crippen molar-refractivity contribution in [2.45, 2.75) is 31.8 Å². The monoisotopic (exact) mass is 288 g/mol. The van der Waals surface area contributed by atoms with Crippen LogP contribution in [0.25, 0.3) is 0 Å². The SMILES string of the molecule is COc1cccc([C@H](O)CNC(=O)C2(C#N)CCCC2)c1. The van der Waals surface area contributed by atoms with Crippen molar-refractivity contribution in [3.8, 4) is 11.8 Å². The lowest BCUT2D eigenvalue weighted by Crippen LogP contribution is -2.40. The van der Waals surface area contributed by atoms with E-state index in [4.69, 9.17) is 4.74 Å². The van der Waals surface area contributed by atoms with Gasteiger partial charge in [-0.15, -0.1) is 0 Å². The lowest BCUT2D eigenvalue weighted by atomic mass is 9.87. The Morgan fingerprint density at radius 2 is 2.24 bits per heavy atom. The van der Waals surface area contributed by atoms with Gasteiger partial charge >= 0.3 is 0 Å². The van der Waals surface area contributed by atoms with Gasteiger partial charge in [0.05, 0.1) is 19.3 Å². The number of nitrogens with one attached hydrogen (secondary N) is 1. The van der Waals surface area contributed by atoms with Crippen LogP contribution in [0.15, 0.2) is 24.3 Å². The number of nitriles is 1. The zero-order valence-corrected chi connectivity index (χ0v) is 12.1. The first-order chi connectivity index (χ1) is 10.1. The van der Waals surface area contributed by atoms with E-state index < -0.39 is 11.5 Å². The van der Waals surface area contributed by atoms with Crippen molar-refractivity contribution in [3.05, 3.63) is 29.8 Å². The number of hydrogen-bond donors (Lipinski definition) is 2. The van der Waals surface area contributed by atoms with E-state index in [0.29, 0.717) is 24.2 Å². The minimum Gasteiger partial charge on any atom is -0.497 e. The van der Waals surface area contributed by atoms with Crippen molar-refractivity contribution >= 4 is 5.91 Å². The lowest BCUT2D eigenvalue weighted by molar-refractivity contribution is -0.128. The van der Waals surface area contributed by atoms with Gasteiger partial charge in [0.1, 0.15) is 11.2 Å². The Balaban J connectivity index is 1.96. The van der Waals surface area contributed by atoms with Crippen LogP contribution in [-0.2, 0) is 4.79 Å². The number of rotatable bonds is 5. The summed E-state index contributed by atoms with van der Waals surface area (Å²) in [5.74, 6) is 0.381. The molecule has 1 amide bonds. The van der Waals surface area contributed by atoms with E-state index in [1.165, 1.54) is 0 Å². The van der Waals surface area contributed by atoms with E-state index in [0.717, 1.165) is 12.8 Å². The van der Waals surface area contributed by atoms with Crippen molar-refractivity contribution in [1.82, 2.24) is 5.32 Å². The van der Waals surface area contributed by atoms with Crippen LogP contribution in [0.1, 0.15) is 37.4 Å². The Kier molecular flexibility index (Phi) is 4.81. The number of aliphatic hydroxyl groups is 1. The minimum atomic E-state index is -0.909. The van der Waals surface area contributed by atoms with Gasteiger partial charge in [0, 0.05) is 6.54 Å². The Labute approximate surface area is 124 Å². The maximum Gasteiger partial charge on any atom is 0.240 e. The summed E-state index contributed by atoms with van der Waals surface area (Å²) in [6.45, 7) is 0.0927. The van der Waals surface area contributed by atoms with Gasteiger partial charge in [0.25, 0.3) is 0 Å². The number of ether oxygens (including phenoxy) is 1. The van der Waals surface area contributed by atoms with Gasteiger partial charge in [-0.2, -0.15) is 5.26 Å². The number of amides is 1. The fourth-order valence-electron chi connectivity index (χ4n) is 2.69. The molecule has 0 aromatic heterocycles. The summed E-state index contributed by atoms with van der Waals surface area (Å²) in [6.07, 6.45) is 2.19. The molecule has 1 aromatic rings. The summed E-state index contributed by atoms with van der Waals surface area (Å²) in [5, 5.41) is 22.1. The molecule has 1 fully saturated rings. The first-order valence-corrected chi connectivity index (χ1v) is 7.13. The molecule has 0 spiro atoms. The summed E-state index contributed by atoms with van der Waals surface area (Å²) in [6, 6.07) is 9.22. The first-order valence-electron chi connectivity index (χ1n) is 7.13. The van der Waals surface area contributed by atoms with E-state index in [-0.39, 0.29) is 12.5 Å². The van der Waals surface area contributed by atoms with Crippen molar-refractivity contribution in [3.63, 3.8) is 0 Å². The Morgan fingerprint density at radius 1 is 1.52 bits per heavy atom. The van der Waals surface area contributed by atoms with Crippen LogP contribution in [0.3, 0.4) is 0 Å². The highest BCUT2D eigenvalue weighted by atomic mass is 16.5. The van der Waals surface area contributed by atoms with Crippen LogP contribution in [0, 0.1) is 16.7 Å². The molecule has 112 valence electrons. The topological polar surface area (TPSA) is 82.3 Å². The molecule has 0 unspecified atom stereocenters. The molecule has 1 atom stereocenters. The molecule has 2 N–H and O–H groups in total. The molecule has 1 aliphatic carbocycles. The van der Waals surface area contributed by atoms with Crippen molar-refractivity contribution in [2.75, 3.05) is 13.7 Å². The smallest absolute Gasteiger partial charge is 0.240 e. The maximum absolute atomic E-state index is 12.2. The highest BCUT2D eigenvalue weighted by Crippen LogP contribution is 2.37. The number of benzene rings is 1. The molecule has 5 nitrogen and oxygen atoms in total. The third-order valence-electron chi connectivity index (χ3n) is 4.04. The normalized spacial score (nSPS) is 17.8. The summed E-state index contributed by atoms with van der Waals surface area (Å²) in [7, 11) is 1.56. The maximum atomic E-state index is 12.2. The summed E-state index contributed by atoms with van der Waals surface area (Å²) in [5.41, 5.74) is -0.235. The molecule has 1 aliphatic rings. The van der Waals surface area contributed by atoms with E-state index in [1.54, 1.807) is 31.4 Å². The van der Waals surface area contributed by atoms with Gasteiger partial charge in [0.15, 0.2) is 0 Å². The number of methoxy groups -OCH3 is 1. The van der Waals surface area contributed by atoms with E-state index in [1.807, 2.05) is 0 Å². The molecular formula is C16H20N2O3. The van der Waals surface area contributed by atoms with Gasteiger partial charge in [0.2, 0.25) is 5.91 Å². The van der Waals surface area contributed by atoms with Crippen molar-refractivity contribution in [1.29, 1.82) is 5.26 Å². The minimum absolute atomic E-state index is 0.0927. The number of carbonyl (C=O) groups is 1. The molecule has 0 radical (unpaired) electrons. The summed E-state index contributed by atoms with van der Waals surface area (Å²) in [4.78, 5) is 12.2. The van der Waals surface area contributed by atoms with Crippen molar-refractivity contribution in [2.24, 2.45) is 5.41 Å². The van der Waals surface area contributed by atoms with Crippen LogP contribution < -0.4 is 10.1 Å². The molecule has 5 heteroatoms. The Hall–Kier alpha value is -2.06. The third kappa shape index (κ3) is 3.34. The van der Waals surface area contributed by atoms with Crippen LogP contribution >= 0.6 is 0 Å². The molecule has 0 heterocycles. The number of nitrogens with zero attached hydrogens (tertiary/aromatic N) is 1. The summed E-state index contributed by atoms with van der Waals surface area (Å²) < 4.78 is 5.10. The Morgan fingerprint density at radius 3 is 2.86 bits per heavy atom. The van der Waals surface area contributed by atoms with Gasteiger partial charge in [-0.3, -0.25) is 4.79 Å². The zero-order valence-electron chi connectivity index (χ0n) is 12.1. The molecule has 0 aliphatic heterocycles. The highest BCUT2D eigenvalue weighted by Gasteiger charge is 2.41. The van der Waals surface area contributed by atoms with Crippen LogP contribution in [0.2, 0.25) is 0 Å². The van der Waals surface area contributed by atoms with Crippen molar-refractivity contribution < 1.29 is 14.6 Å². The Bertz CT molecular complexity index is 545. The third-order valence-corrected chi connectivity index (χ3v) is 4.04. The molecule has 21 heavy (non-hydrogen) atoms. The molecule has 0 bridgehead atoms. The standard InChI is InChI=1S/C16H20N2O3/c1-21-13-6-4-5-12(9-13)14(19)10-18-15(20)16(11-17)7-2-3-8-16/h4-6,9,14,19H,2-3,7-8,10H2,1H3,(H,18,20)/t14-/m1/s1. The zero-order chi connectivity index (χ0) is 15.3. The average molecular weight is 288 g/mol. The first kappa shape index (κ1) is 15.3. The molecule has 0 saturated heterocycles. The second-order valence-electron chi connectivity index (χ2n) is 5.40. The molecule has 2 rings (SSSR count). The molecule has 1 saturated carbocycles. The predicted molar refractivity (Wildman–Crippen MR) is 77.5 cm³/mol. The van der Waals surface area contributed by atoms with Gasteiger partial charge < -0.3 is 15.2 Å². The highest BCUT2D eigenvalue weighted by molar-refractivity contribution is 5.85. The van der Waals surface area contributed by atoms with Gasteiger partial charge in [-0.1, -0.05) is 25.0 Å². The van der Waals surface area contributed by atoms with Crippen LogP contribution in [0.5, 0.6) is 5.75 Å². The van der Waals surface area contributed by atoms with E-state index in [2.05, 4.69) is 11.4 Å². The van der Waals surface area contributed by atoms with Crippen LogP contribution in [0.4, 0.5) is 0 Å². The van der Waals surface area contributed by atoms with Crippen LogP contribution in [-0.4, -0.2) is 24.7 Å². The van der Waals surface area contributed by atoms with Gasteiger partial charge in [-0.25, -0.2) is 0 Å². The largest absolute Gasteiger partial charge is 0.497 e. The number of hydrogen-bond acceptors (Lipinski definition) is 4. The fourth-order valence-corrected chi connectivity index (χ4v) is 2.69. The number of aliphatic hydroxyl groups excluding tert-OH is 1. The quantitative estimate of drug-likeness (QED) is 0.867. The molecule has 1 aromatic carbocycles. The number of carbonyl (C=O) groups excluding carboxylic acids is 1. The van der Waals surface area contributed by atoms with Gasteiger partial charge in [-0.05, 0) is 30.5 Å².